The summed E-state index contributed by atoms with van der Waals surface area (Å²) >= 11 is 0. The lowest BCUT2D eigenvalue weighted by atomic mass is 9.84. The number of rotatable bonds is 5. The van der Waals surface area contributed by atoms with Gasteiger partial charge in [-0.15, -0.1) is 0 Å². The number of benzene rings is 1. The van der Waals surface area contributed by atoms with E-state index < -0.39 is 5.60 Å². The van der Waals surface area contributed by atoms with Gasteiger partial charge < -0.3 is 10.5 Å². The highest BCUT2D eigenvalue weighted by Gasteiger charge is 2.31. The van der Waals surface area contributed by atoms with Crippen LogP contribution in [0.1, 0.15) is 19.4 Å². The molecule has 2 nitrogen and oxygen atoms in total. The molecule has 0 fully saturated rings. The average Bonchev–Trinajstić information content (AvgIpc) is 2.30. The monoisotopic (exact) mass is 229 g/mol. The van der Waals surface area contributed by atoms with Crippen molar-refractivity contribution in [3.63, 3.8) is 0 Å². The fraction of sp³-hybridized carbons (Fsp3) is 0.267. The minimum Gasteiger partial charge on any atom is -0.379 e. The van der Waals surface area contributed by atoms with E-state index in [0.717, 1.165) is 11.1 Å². The van der Waals surface area contributed by atoms with Crippen LogP contribution < -0.4 is 0 Å². The largest absolute Gasteiger partial charge is 0.379 e. The van der Waals surface area contributed by atoms with Gasteiger partial charge in [0.25, 0.3) is 0 Å². The van der Waals surface area contributed by atoms with Crippen LogP contribution in [0.5, 0.6) is 0 Å². The highest BCUT2D eigenvalue weighted by atomic mass is 16.3. The molecular formula is C15H19NO. The number of allylic oxidation sites excluding steroid dienone is 2. The van der Waals surface area contributed by atoms with Gasteiger partial charge in [0.2, 0.25) is 0 Å². The zero-order valence-electron chi connectivity index (χ0n) is 10.4. The predicted octanol–water partition coefficient (Wildman–Crippen LogP) is 3.13. The van der Waals surface area contributed by atoms with Crippen molar-refractivity contribution in [2.45, 2.75) is 25.9 Å². The summed E-state index contributed by atoms with van der Waals surface area (Å²) in [6, 6.07) is 9.71. The molecule has 0 spiro atoms. The molecule has 1 aromatic carbocycles. The molecule has 1 unspecified atom stereocenters. The van der Waals surface area contributed by atoms with Crippen LogP contribution in [0.3, 0.4) is 0 Å². The van der Waals surface area contributed by atoms with Crippen LogP contribution in [0.2, 0.25) is 0 Å². The van der Waals surface area contributed by atoms with E-state index in [9.17, 15) is 5.11 Å². The molecule has 0 heterocycles. The van der Waals surface area contributed by atoms with Gasteiger partial charge in [0.15, 0.2) is 0 Å². The second kappa shape index (κ2) is 5.60. The zero-order chi connectivity index (χ0) is 12.9. The highest BCUT2D eigenvalue weighted by molar-refractivity contribution is 5.91. The van der Waals surface area contributed by atoms with Crippen LogP contribution in [-0.2, 0) is 6.42 Å². The van der Waals surface area contributed by atoms with Crippen LogP contribution in [0.15, 0.2) is 54.6 Å². The summed E-state index contributed by atoms with van der Waals surface area (Å²) in [6.07, 6.45) is 3.80. The van der Waals surface area contributed by atoms with Crippen molar-refractivity contribution < 1.29 is 5.11 Å². The average molecular weight is 229 g/mol. The van der Waals surface area contributed by atoms with Gasteiger partial charge in [-0.1, -0.05) is 49.1 Å². The van der Waals surface area contributed by atoms with E-state index in [0.29, 0.717) is 6.42 Å². The lowest BCUT2D eigenvalue weighted by Gasteiger charge is -2.28. The van der Waals surface area contributed by atoms with Crippen molar-refractivity contribution in [2.24, 2.45) is 0 Å². The Bertz CT molecular complexity index is 433. The molecule has 2 heteroatoms. The molecule has 0 saturated heterocycles. The van der Waals surface area contributed by atoms with Crippen molar-refractivity contribution in [3.8, 4) is 0 Å². The Labute approximate surface area is 103 Å². The fourth-order valence-corrected chi connectivity index (χ4v) is 1.77. The maximum Gasteiger partial charge on any atom is 0.127 e. The summed E-state index contributed by atoms with van der Waals surface area (Å²) in [5.74, 6) is 0. The van der Waals surface area contributed by atoms with E-state index >= 15 is 0 Å². The van der Waals surface area contributed by atoms with Crippen molar-refractivity contribution >= 4 is 5.71 Å². The first-order valence-electron chi connectivity index (χ1n) is 5.62. The Kier molecular flexibility index (Phi) is 4.41. The van der Waals surface area contributed by atoms with E-state index in [4.69, 9.17) is 5.41 Å². The Morgan fingerprint density at radius 3 is 2.41 bits per heavy atom. The third kappa shape index (κ3) is 3.14. The second-order valence-electron chi connectivity index (χ2n) is 4.23. The molecule has 0 bridgehead atoms. The molecule has 0 amide bonds. The molecule has 0 aliphatic rings. The van der Waals surface area contributed by atoms with Crippen molar-refractivity contribution in [1.29, 1.82) is 5.41 Å². The van der Waals surface area contributed by atoms with Crippen LogP contribution >= 0.6 is 0 Å². The lowest BCUT2D eigenvalue weighted by molar-refractivity contribution is 0.149. The first-order valence-corrected chi connectivity index (χ1v) is 5.62. The highest BCUT2D eigenvalue weighted by Crippen LogP contribution is 2.23. The molecule has 0 aromatic heterocycles. The van der Waals surface area contributed by atoms with Crippen LogP contribution in [0, 0.1) is 5.41 Å². The van der Waals surface area contributed by atoms with E-state index in [2.05, 4.69) is 6.58 Å². The molecule has 1 aromatic rings. The molecule has 17 heavy (non-hydrogen) atoms. The molecule has 2 N–H and O–H groups in total. The second-order valence-corrected chi connectivity index (χ2v) is 4.23. The molecule has 0 saturated carbocycles. The third-order valence-corrected chi connectivity index (χ3v) is 2.94. The van der Waals surface area contributed by atoms with Crippen molar-refractivity contribution in [2.75, 3.05) is 0 Å². The van der Waals surface area contributed by atoms with Crippen LogP contribution in [0.4, 0.5) is 0 Å². The summed E-state index contributed by atoms with van der Waals surface area (Å²) in [5, 5.41) is 18.4. The lowest BCUT2D eigenvalue weighted by Crippen LogP contribution is -2.40. The Hall–Kier alpha value is -1.67. The Balaban J connectivity index is 3.06. The zero-order valence-corrected chi connectivity index (χ0v) is 10.4. The molecular weight excluding hydrogens is 210 g/mol. The number of hydrogen-bond donors (Lipinski definition) is 2. The molecule has 1 rings (SSSR count). The summed E-state index contributed by atoms with van der Waals surface area (Å²) in [4.78, 5) is 0. The third-order valence-electron chi connectivity index (χ3n) is 2.94. The number of aliphatic hydroxyl groups is 1. The fourth-order valence-electron chi connectivity index (χ4n) is 1.77. The van der Waals surface area contributed by atoms with E-state index in [1.165, 1.54) is 0 Å². The Morgan fingerprint density at radius 1 is 1.35 bits per heavy atom. The Morgan fingerprint density at radius 2 is 1.94 bits per heavy atom. The van der Waals surface area contributed by atoms with Gasteiger partial charge in [-0.3, -0.25) is 0 Å². The van der Waals surface area contributed by atoms with Gasteiger partial charge in [0, 0.05) is 12.1 Å². The maximum absolute atomic E-state index is 10.6. The van der Waals surface area contributed by atoms with Gasteiger partial charge in [-0.05, 0) is 25.0 Å². The smallest absolute Gasteiger partial charge is 0.127 e. The maximum atomic E-state index is 10.6. The number of nitrogens with one attached hydrogen (secondary N) is 1. The van der Waals surface area contributed by atoms with E-state index in [-0.39, 0.29) is 5.71 Å². The van der Waals surface area contributed by atoms with E-state index in [1.54, 1.807) is 19.1 Å². The minimum absolute atomic E-state index is 0.247. The van der Waals surface area contributed by atoms with Gasteiger partial charge in [-0.2, -0.15) is 0 Å². The molecule has 0 radical (unpaired) electrons. The SMILES string of the molecule is C=CC=C(C)C(O)(Cc1ccccc1)C(C)=N. The molecule has 0 aliphatic heterocycles. The standard InChI is InChI=1S/C15H19NO/c1-4-8-12(2)15(17,13(3)16)11-14-9-6-5-7-10-14/h4-10,16-17H,1,11H2,2-3H3. The van der Waals surface area contributed by atoms with Gasteiger partial charge in [0.1, 0.15) is 5.60 Å². The topological polar surface area (TPSA) is 44.1 Å². The normalized spacial score (nSPS) is 15.1. The summed E-state index contributed by atoms with van der Waals surface area (Å²) in [7, 11) is 0. The first kappa shape index (κ1) is 13.4. The summed E-state index contributed by atoms with van der Waals surface area (Å²) < 4.78 is 0. The van der Waals surface area contributed by atoms with E-state index in [1.807, 2.05) is 37.3 Å². The summed E-state index contributed by atoms with van der Waals surface area (Å²) in [6.45, 7) is 7.07. The summed E-state index contributed by atoms with van der Waals surface area (Å²) in [5.41, 5.74) is 0.787. The minimum atomic E-state index is -1.21. The first-order chi connectivity index (χ1) is 8.00. The van der Waals surface area contributed by atoms with Gasteiger partial charge in [-0.25, -0.2) is 0 Å². The van der Waals surface area contributed by atoms with Gasteiger partial charge in [0.05, 0.1) is 0 Å². The van der Waals surface area contributed by atoms with Crippen LogP contribution in [0.25, 0.3) is 0 Å². The van der Waals surface area contributed by atoms with Crippen molar-refractivity contribution in [3.05, 3.63) is 60.2 Å². The molecule has 90 valence electrons. The predicted molar refractivity (Wildman–Crippen MR) is 72.5 cm³/mol. The molecule has 0 aliphatic carbocycles. The van der Waals surface area contributed by atoms with Crippen molar-refractivity contribution in [1.82, 2.24) is 0 Å². The number of hydrogen-bond acceptors (Lipinski definition) is 2. The van der Waals surface area contributed by atoms with Crippen LogP contribution in [-0.4, -0.2) is 16.4 Å². The molecule has 1 atom stereocenters. The van der Waals surface area contributed by atoms with Gasteiger partial charge >= 0.3 is 0 Å². The quantitative estimate of drug-likeness (QED) is 0.591.